The molecule has 37 heavy (non-hydrogen) atoms. The molecular formula is C29H32ClN3O4. The van der Waals surface area contributed by atoms with Gasteiger partial charge in [0.1, 0.15) is 18.0 Å². The number of carbonyl (C=O) groups excluding carboxylic acids is 2. The molecule has 3 aromatic rings. The molecule has 1 aromatic heterocycles. The van der Waals surface area contributed by atoms with E-state index in [0.717, 1.165) is 16.7 Å². The van der Waals surface area contributed by atoms with E-state index in [-0.39, 0.29) is 37.8 Å². The number of carbonyl (C=O) groups is 2. The highest BCUT2D eigenvalue weighted by molar-refractivity contribution is 6.31. The minimum Gasteiger partial charge on any atom is -0.490 e. The van der Waals surface area contributed by atoms with E-state index in [1.807, 2.05) is 55.5 Å². The first-order chi connectivity index (χ1) is 17.8. The Hall–Kier alpha value is -3.42. The molecule has 0 N–H and O–H groups in total. The summed E-state index contributed by atoms with van der Waals surface area (Å²) in [6.45, 7) is 3.53. The number of morpholine rings is 1. The van der Waals surface area contributed by atoms with E-state index in [4.69, 9.17) is 21.1 Å². The summed E-state index contributed by atoms with van der Waals surface area (Å²) < 4.78 is 12.4. The van der Waals surface area contributed by atoms with Gasteiger partial charge < -0.3 is 19.3 Å². The van der Waals surface area contributed by atoms with Crippen molar-refractivity contribution in [2.45, 2.75) is 31.9 Å². The summed E-state index contributed by atoms with van der Waals surface area (Å²) in [4.78, 5) is 34.1. The Balaban J connectivity index is 1.50. The molecular weight excluding hydrogens is 490 g/mol. The monoisotopic (exact) mass is 521 g/mol. The van der Waals surface area contributed by atoms with E-state index in [2.05, 4.69) is 4.98 Å². The zero-order chi connectivity index (χ0) is 26.3. The maximum absolute atomic E-state index is 13.4. The van der Waals surface area contributed by atoms with Crippen molar-refractivity contribution in [3.05, 3.63) is 94.8 Å². The lowest BCUT2D eigenvalue weighted by atomic mass is 9.96. The number of benzene rings is 2. The van der Waals surface area contributed by atoms with E-state index < -0.39 is 5.60 Å². The second kappa shape index (κ2) is 12.2. The number of rotatable bonds is 9. The van der Waals surface area contributed by atoms with Gasteiger partial charge in [-0.1, -0.05) is 48.0 Å². The molecule has 2 aromatic carbocycles. The fraction of sp³-hybridized carbons (Fsp3) is 0.345. The maximum atomic E-state index is 13.4. The van der Waals surface area contributed by atoms with E-state index in [1.165, 1.54) is 0 Å². The Labute approximate surface area is 223 Å². The predicted octanol–water partition coefficient (Wildman–Crippen LogP) is 4.31. The fourth-order valence-corrected chi connectivity index (χ4v) is 4.49. The normalized spacial score (nSPS) is 17.3. The minimum absolute atomic E-state index is 0.0342. The number of halogens is 1. The van der Waals surface area contributed by atoms with Gasteiger partial charge in [-0.25, -0.2) is 0 Å². The smallest absolute Gasteiger partial charge is 0.227 e. The minimum atomic E-state index is -0.988. The summed E-state index contributed by atoms with van der Waals surface area (Å²) in [5, 5.41) is 0.654. The van der Waals surface area contributed by atoms with Gasteiger partial charge in [0.05, 0.1) is 26.0 Å². The Morgan fingerprint density at radius 1 is 1.14 bits per heavy atom. The van der Waals surface area contributed by atoms with Gasteiger partial charge in [0.2, 0.25) is 11.8 Å². The highest BCUT2D eigenvalue weighted by Gasteiger charge is 2.42. The Morgan fingerprint density at radius 3 is 2.65 bits per heavy atom. The molecule has 1 aliphatic rings. The van der Waals surface area contributed by atoms with Crippen molar-refractivity contribution in [3.63, 3.8) is 0 Å². The molecule has 1 saturated heterocycles. The molecule has 4 rings (SSSR count). The van der Waals surface area contributed by atoms with Crippen LogP contribution in [-0.4, -0.2) is 65.6 Å². The maximum Gasteiger partial charge on any atom is 0.227 e. The first-order valence-electron chi connectivity index (χ1n) is 12.3. The molecule has 0 saturated carbocycles. The zero-order valence-corrected chi connectivity index (χ0v) is 22.0. The van der Waals surface area contributed by atoms with Crippen molar-refractivity contribution in [1.82, 2.24) is 14.8 Å². The predicted molar refractivity (Wildman–Crippen MR) is 142 cm³/mol. The third-order valence-corrected chi connectivity index (χ3v) is 6.90. The molecule has 0 aliphatic carbocycles. The van der Waals surface area contributed by atoms with Gasteiger partial charge in [0.25, 0.3) is 0 Å². The molecule has 194 valence electrons. The Bertz CT molecular complexity index is 1210. The lowest BCUT2D eigenvalue weighted by Gasteiger charge is -2.42. The number of nitrogens with zero attached hydrogens (tertiary/aromatic N) is 3. The number of ether oxygens (including phenoxy) is 2. The molecule has 0 bridgehead atoms. The number of aromatic nitrogens is 1. The van der Waals surface area contributed by atoms with Crippen LogP contribution in [0.25, 0.3) is 0 Å². The van der Waals surface area contributed by atoms with Crippen LogP contribution in [0.15, 0.2) is 73.1 Å². The number of amides is 2. The lowest BCUT2D eigenvalue weighted by molar-refractivity contribution is -0.165. The Morgan fingerprint density at radius 2 is 1.92 bits per heavy atom. The van der Waals surface area contributed by atoms with Gasteiger partial charge in [-0.15, -0.1) is 0 Å². The molecule has 1 atom stereocenters. The van der Waals surface area contributed by atoms with Crippen LogP contribution in [0.4, 0.5) is 0 Å². The van der Waals surface area contributed by atoms with Gasteiger partial charge >= 0.3 is 0 Å². The molecule has 0 unspecified atom stereocenters. The summed E-state index contributed by atoms with van der Waals surface area (Å²) in [6.07, 6.45) is 3.70. The average Bonchev–Trinajstić information content (AvgIpc) is 2.90. The molecule has 0 spiro atoms. The van der Waals surface area contributed by atoms with Crippen LogP contribution >= 0.6 is 11.6 Å². The van der Waals surface area contributed by atoms with Gasteiger partial charge in [0, 0.05) is 37.6 Å². The van der Waals surface area contributed by atoms with E-state index in [9.17, 15) is 9.59 Å². The molecule has 8 heteroatoms. The average molecular weight is 522 g/mol. The van der Waals surface area contributed by atoms with Crippen molar-refractivity contribution in [2.75, 3.05) is 33.4 Å². The zero-order valence-electron chi connectivity index (χ0n) is 21.2. The van der Waals surface area contributed by atoms with Crippen LogP contribution in [0.1, 0.15) is 23.1 Å². The molecule has 1 fully saturated rings. The molecule has 2 heterocycles. The van der Waals surface area contributed by atoms with Gasteiger partial charge in [-0.3, -0.25) is 14.6 Å². The standard InChI is InChI=1S/C29H32ClN3O4/c1-22-15-25(10-11-26(22)30)36-21-29(17-28(35)32(2)19-23-7-4-3-5-8-23)20-33(13-14-37-29)27(34)16-24-9-6-12-31-18-24/h3-12,15,18H,13-14,16-17,19-21H2,1-2H3/t29-/m0/s1. The van der Waals surface area contributed by atoms with Crippen molar-refractivity contribution in [2.24, 2.45) is 0 Å². The molecule has 2 amide bonds. The largest absolute Gasteiger partial charge is 0.490 e. The summed E-state index contributed by atoms with van der Waals surface area (Å²) in [5.41, 5.74) is 1.79. The number of hydrogen-bond donors (Lipinski definition) is 0. The van der Waals surface area contributed by atoms with Gasteiger partial charge in [-0.05, 0) is 47.9 Å². The SMILES string of the molecule is Cc1cc(OC[C@]2(CC(=O)N(C)Cc3ccccc3)CN(C(=O)Cc3cccnc3)CCO2)ccc1Cl. The quantitative estimate of drug-likeness (QED) is 0.419. The van der Waals surface area contributed by atoms with Crippen LogP contribution in [0.2, 0.25) is 5.02 Å². The molecule has 7 nitrogen and oxygen atoms in total. The van der Waals surface area contributed by atoms with E-state index >= 15 is 0 Å². The van der Waals surface area contributed by atoms with E-state index in [0.29, 0.717) is 30.5 Å². The van der Waals surface area contributed by atoms with Gasteiger partial charge in [0.15, 0.2) is 0 Å². The van der Waals surface area contributed by atoms with Crippen LogP contribution in [0.3, 0.4) is 0 Å². The second-order valence-electron chi connectivity index (χ2n) is 9.50. The number of aryl methyl sites for hydroxylation is 1. The van der Waals surface area contributed by atoms with Crippen molar-refractivity contribution in [3.8, 4) is 5.75 Å². The summed E-state index contributed by atoms with van der Waals surface area (Å²) >= 11 is 6.17. The third kappa shape index (κ3) is 7.31. The molecule has 1 aliphatic heterocycles. The Kier molecular flexibility index (Phi) is 8.79. The number of pyridine rings is 1. The van der Waals surface area contributed by atoms with Crippen molar-refractivity contribution >= 4 is 23.4 Å². The van der Waals surface area contributed by atoms with E-state index in [1.54, 1.807) is 41.4 Å². The van der Waals surface area contributed by atoms with Crippen LogP contribution in [0, 0.1) is 6.92 Å². The van der Waals surface area contributed by atoms with Crippen molar-refractivity contribution < 1.29 is 19.1 Å². The van der Waals surface area contributed by atoms with Gasteiger partial charge in [-0.2, -0.15) is 0 Å². The van der Waals surface area contributed by atoms with Crippen LogP contribution in [0.5, 0.6) is 5.75 Å². The fourth-order valence-electron chi connectivity index (χ4n) is 4.37. The summed E-state index contributed by atoms with van der Waals surface area (Å²) in [5.74, 6) is 0.517. The third-order valence-electron chi connectivity index (χ3n) is 6.47. The number of hydrogen-bond acceptors (Lipinski definition) is 5. The highest BCUT2D eigenvalue weighted by atomic mass is 35.5. The summed E-state index contributed by atoms with van der Waals surface area (Å²) in [7, 11) is 1.78. The van der Waals surface area contributed by atoms with Crippen LogP contribution < -0.4 is 4.74 Å². The summed E-state index contributed by atoms with van der Waals surface area (Å²) in [6, 6.07) is 18.9. The van der Waals surface area contributed by atoms with Crippen molar-refractivity contribution in [1.29, 1.82) is 0 Å². The highest BCUT2D eigenvalue weighted by Crippen LogP contribution is 2.27. The lowest BCUT2D eigenvalue weighted by Crippen LogP contribution is -2.58. The second-order valence-corrected chi connectivity index (χ2v) is 9.90. The first-order valence-corrected chi connectivity index (χ1v) is 12.7. The topological polar surface area (TPSA) is 72.0 Å². The molecule has 0 radical (unpaired) electrons. The van der Waals surface area contributed by atoms with Crippen LogP contribution in [-0.2, 0) is 27.3 Å². The first kappa shape index (κ1) is 26.6.